The van der Waals surface area contributed by atoms with E-state index >= 15 is 0 Å². The van der Waals surface area contributed by atoms with Crippen LogP contribution in [-0.4, -0.2) is 71.4 Å². The molecule has 1 aliphatic heterocycles. The first-order chi connectivity index (χ1) is 17.3. The molecule has 0 amide bonds. The van der Waals surface area contributed by atoms with Gasteiger partial charge in [0.2, 0.25) is 5.95 Å². The van der Waals surface area contributed by atoms with E-state index in [2.05, 4.69) is 19.9 Å². The maximum absolute atomic E-state index is 13.5. The van der Waals surface area contributed by atoms with Crippen LogP contribution < -0.4 is 4.90 Å². The normalized spacial score (nSPS) is 16.8. The van der Waals surface area contributed by atoms with Crippen molar-refractivity contribution in [3.05, 3.63) is 66.1 Å². The lowest BCUT2D eigenvalue weighted by Gasteiger charge is -2.40. The summed E-state index contributed by atoms with van der Waals surface area (Å²) in [4.78, 5) is 30.3. The van der Waals surface area contributed by atoms with Crippen LogP contribution in [0.15, 0.2) is 66.1 Å². The monoisotopic (exact) mass is 526 g/mol. The van der Waals surface area contributed by atoms with Crippen LogP contribution in [0.5, 0.6) is 0 Å². The number of aromatic amines is 1. The number of piperazine rings is 1. The largest absolute Gasteiger partial charge is 0.469 e. The summed E-state index contributed by atoms with van der Waals surface area (Å²) in [7, 11) is -2.55. The maximum Gasteiger partial charge on any atom is 0.307 e. The minimum atomic E-state index is -3.85. The second-order valence-electron chi connectivity index (χ2n) is 8.34. The molecule has 4 heterocycles. The lowest BCUT2D eigenvalue weighted by atomic mass is 10.1. The molecule has 0 radical (unpaired) electrons. The second kappa shape index (κ2) is 9.84. The van der Waals surface area contributed by atoms with Crippen LogP contribution in [0.4, 0.5) is 5.95 Å². The summed E-state index contributed by atoms with van der Waals surface area (Å²) in [6, 6.07) is 11.8. The van der Waals surface area contributed by atoms with Crippen molar-refractivity contribution >= 4 is 44.4 Å². The van der Waals surface area contributed by atoms with Crippen LogP contribution in [0.25, 0.3) is 22.2 Å². The Kier molecular flexibility index (Phi) is 6.61. The molecule has 1 unspecified atom stereocenters. The number of ether oxygens (including phenoxy) is 1. The van der Waals surface area contributed by atoms with Gasteiger partial charge in [0, 0.05) is 59.7 Å². The Morgan fingerprint density at radius 2 is 1.94 bits per heavy atom. The predicted octanol–water partition coefficient (Wildman–Crippen LogP) is 3.12. The highest BCUT2D eigenvalue weighted by molar-refractivity contribution is 7.89. The topological polar surface area (TPSA) is 121 Å². The van der Waals surface area contributed by atoms with Gasteiger partial charge in [-0.25, -0.2) is 18.4 Å². The molecule has 36 heavy (non-hydrogen) atoms. The third-order valence-corrected chi connectivity index (χ3v) is 8.13. The lowest BCUT2D eigenvalue weighted by molar-refractivity contribution is -0.141. The Labute approximate surface area is 213 Å². The zero-order chi connectivity index (χ0) is 25.3. The van der Waals surface area contributed by atoms with E-state index < -0.39 is 22.0 Å². The number of aromatic nitrogens is 4. The number of carbonyl (C=O) groups is 1. The van der Waals surface area contributed by atoms with Crippen LogP contribution in [0.3, 0.4) is 0 Å². The Balaban J connectivity index is 1.40. The molecule has 0 spiro atoms. The first kappa shape index (κ1) is 24.2. The SMILES string of the molecule is COC(=O)CC1CN(S(=O)(=O)c2cc3cc(Cl)ccc3[nH]2)CCN1c1ncc(-c2ccccn2)cn1. The highest BCUT2D eigenvalue weighted by atomic mass is 35.5. The van der Waals surface area contributed by atoms with Crippen molar-refractivity contribution in [2.24, 2.45) is 0 Å². The summed E-state index contributed by atoms with van der Waals surface area (Å²) in [6.07, 6.45) is 5.00. The van der Waals surface area contributed by atoms with E-state index in [1.807, 2.05) is 23.1 Å². The summed E-state index contributed by atoms with van der Waals surface area (Å²) >= 11 is 6.05. The van der Waals surface area contributed by atoms with Gasteiger partial charge >= 0.3 is 5.97 Å². The number of rotatable bonds is 6. The standard InChI is InChI=1S/C24H23ClN6O4S/c1-35-23(32)12-19-15-30(36(33,34)22-11-16-10-18(25)5-6-21(16)29-22)8-9-31(19)24-27-13-17(14-28-24)20-4-2-3-7-26-20/h2-7,10-11,13-14,19,29H,8-9,12,15H2,1H3. The maximum atomic E-state index is 13.5. The quantitative estimate of drug-likeness (QED) is 0.380. The highest BCUT2D eigenvalue weighted by Gasteiger charge is 2.37. The number of fused-ring (bicyclic) bond motifs is 1. The van der Waals surface area contributed by atoms with Crippen LogP contribution in [0.1, 0.15) is 6.42 Å². The molecule has 10 nitrogen and oxygen atoms in total. The molecule has 0 aliphatic carbocycles. The van der Waals surface area contributed by atoms with Crippen molar-refractivity contribution in [1.29, 1.82) is 0 Å². The molecular formula is C24H23ClN6O4S. The smallest absolute Gasteiger partial charge is 0.307 e. The van der Waals surface area contributed by atoms with Crippen LogP contribution >= 0.6 is 11.6 Å². The predicted molar refractivity (Wildman–Crippen MR) is 135 cm³/mol. The van der Waals surface area contributed by atoms with Gasteiger partial charge in [0.25, 0.3) is 10.0 Å². The van der Waals surface area contributed by atoms with Gasteiger partial charge in [0.05, 0.1) is 25.3 Å². The van der Waals surface area contributed by atoms with E-state index in [0.29, 0.717) is 28.4 Å². The zero-order valence-corrected chi connectivity index (χ0v) is 20.9. The van der Waals surface area contributed by atoms with E-state index in [1.165, 1.54) is 11.4 Å². The van der Waals surface area contributed by atoms with Crippen molar-refractivity contribution in [3.8, 4) is 11.3 Å². The summed E-state index contributed by atoms with van der Waals surface area (Å²) < 4.78 is 33.2. The number of nitrogens with zero attached hydrogens (tertiary/aromatic N) is 5. The number of pyridine rings is 1. The highest BCUT2D eigenvalue weighted by Crippen LogP contribution is 2.28. The van der Waals surface area contributed by atoms with Gasteiger partial charge in [-0.2, -0.15) is 4.31 Å². The Bertz CT molecular complexity index is 1490. The van der Waals surface area contributed by atoms with Gasteiger partial charge in [-0.1, -0.05) is 17.7 Å². The molecule has 1 atom stereocenters. The Morgan fingerprint density at radius 1 is 1.14 bits per heavy atom. The fourth-order valence-corrected chi connectivity index (χ4v) is 5.91. The minimum Gasteiger partial charge on any atom is -0.469 e. The minimum absolute atomic E-state index is 0.0177. The number of sulfonamides is 1. The van der Waals surface area contributed by atoms with Crippen LogP contribution in [0, 0.1) is 0 Å². The number of esters is 1. The summed E-state index contributed by atoms with van der Waals surface area (Å²) in [6.45, 7) is 0.566. The summed E-state index contributed by atoms with van der Waals surface area (Å²) in [5.41, 5.74) is 2.17. The number of methoxy groups -OCH3 is 1. The summed E-state index contributed by atoms with van der Waals surface area (Å²) in [5, 5.41) is 1.29. The molecule has 12 heteroatoms. The first-order valence-corrected chi connectivity index (χ1v) is 13.0. The van der Waals surface area contributed by atoms with Gasteiger partial charge in [-0.3, -0.25) is 9.78 Å². The molecule has 186 valence electrons. The molecule has 1 aliphatic rings. The van der Waals surface area contributed by atoms with Crippen molar-refractivity contribution in [2.75, 3.05) is 31.6 Å². The molecule has 1 N–H and O–H groups in total. The number of hydrogen-bond acceptors (Lipinski definition) is 8. The summed E-state index contributed by atoms with van der Waals surface area (Å²) in [5.74, 6) is -0.0458. The van der Waals surface area contributed by atoms with Crippen LogP contribution in [0.2, 0.25) is 5.02 Å². The number of anilines is 1. The van der Waals surface area contributed by atoms with E-state index in [0.717, 1.165) is 11.3 Å². The number of halogens is 1. The van der Waals surface area contributed by atoms with Crippen molar-refractivity contribution in [3.63, 3.8) is 0 Å². The average molecular weight is 527 g/mol. The number of nitrogens with one attached hydrogen (secondary N) is 1. The third kappa shape index (κ3) is 4.77. The fraction of sp³-hybridized carbons (Fsp3) is 0.250. The van der Waals surface area contributed by atoms with Gasteiger partial charge in [-0.15, -0.1) is 0 Å². The first-order valence-electron chi connectivity index (χ1n) is 11.2. The van der Waals surface area contributed by atoms with Gasteiger partial charge in [-0.05, 0) is 36.4 Å². The third-order valence-electron chi connectivity index (χ3n) is 6.11. The number of benzene rings is 1. The van der Waals surface area contributed by atoms with E-state index in [1.54, 1.807) is 42.9 Å². The van der Waals surface area contributed by atoms with Crippen molar-refractivity contribution in [2.45, 2.75) is 17.5 Å². The molecule has 3 aromatic heterocycles. The Hall–Kier alpha value is -3.54. The van der Waals surface area contributed by atoms with E-state index in [9.17, 15) is 13.2 Å². The lowest BCUT2D eigenvalue weighted by Crippen LogP contribution is -2.56. The van der Waals surface area contributed by atoms with E-state index in [4.69, 9.17) is 16.3 Å². The molecule has 1 aromatic carbocycles. The molecule has 0 saturated carbocycles. The number of H-pyrrole nitrogens is 1. The second-order valence-corrected chi connectivity index (χ2v) is 10.7. The molecule has 1 saturated heterocycles. The van der Waals surface area contributed by atoms with Crippen molar-refractivity contribution < 1.29 is 17.9 Å². The van der Waals surface area contributed by atoms with Gasteiger partial charge in [0.15, 0.2) is 0 Å². The molecule has 0 bridgehead atoms. The molecule has 4 aromatic rings. The molecule has 1 fully saturated rings. The van der Waals surface area contributed by atoms with Crippen molar-refractivity contribution in [1.82, 2.24) is 24.2 Å². The van der Waals surface area contributed by atoms with Gasteiger partial charge in [0.1, 0.15) is 5.03 Å². The molecular weight excluding hydrogens is 504 g/mol. The van der Waals surface area contributed by atoms with Crippen LogP contribution in [-0.2, 0) is 19.6 Å². The fourth-order valence-electron chi connectivity index (χ4n) is 4.25. The number of hydrogen-bond donors (Lipinski definition) is 1. The van der Waals surface area contributed by atoms with Gasteiger partial charge < -0.3 is 14.6 Å². The Morgan fingerprint density at radius 3 is 2.67 bits per heavy atom. The number of carbonyl (C=O) groups excluding carboxylic acids is 1. The molecule has 5 rings (SSSR count). The van der Waals surface area contributed by atoms with E-state index in [-0.39, 0.29) is 24.5 Å². The zero-order valence-electron chi connectivity index (χ0n) is 19.3. The average Bonchev–Trinajstić information content (AvgIpc) is 3.33.